The quantitative estimate of drug-likeness (QED) is 0.752. The van der Waals surface area contributed by atoms with Crippen molar-refractivity contribution in [3.8, 4) is 0 Å². The maximum absolute atomic E-state index is 12.2. The van der Waals surface area contributed by atoms with Crippen molar-refractivity contribution in [1.82, 2.24) is 9.97 Å². The molecule has 0 aliphatic rings. The number of nitrogens with one attached hydrogen (secondary N) is 2. The lowest BCUT2D eigenvalue weighted by Crippen LogP contribution is -2.15. The summed E-state index contributed by atoms with van der Waals surface area (Å²) in [5.74, 6) is -0.373. The van der Waals surface area contributed by atoms with Crippen LogP contribution >= 0.6 is 0 Å². The molecular weight excluding hydrogens is 316 g/mol. The van der Waals surface area contributed by atoms with Crippen LogP contribution in [-0.2, 0) is 11.2 Å². The van der Waals surface area contributed by atoms with E-state index in [0.717, 1.165) is 5.56 Å². The van der Waals surface area contributed by atoms with Gasteiger partial charge in [0.05, 0.1) is 18.3 Å². The van der Waals surface area contributed by atoms with E-state index in [4.69, 9.17) is 0 Å². The van der Waals surface area contributed by atoms with Crippen LogP contribution in [0.1, 0.15) is 15.9 Å². The second-order valence-corrected chi connectivity index (χ2v) is 5.36. The molecule has 0 aliphatic heterocycles. The minimum absolute atomic E-state index is 0.138. The average molecular weight is 332 g/mol. The molecule has 0 radical (unpaired) electrons. The molecule has 0 saturated carbocycles. The molecule has 124 valence electrons. The molecule has 0 atom stereocenters. The van der Waals surface area contributed by atoms with Crippen molar-refractivity contribution in [1.29, 1.82) is 0 Å². The number of rotatable bonds is 5. The van der Waals surface area contributed by atoms with Crippen molar-refractivity contribution in [3.05, 3.63) is 84.4 Å². The molecule has 0 fully saturated rings. The number of carbonyl (C=O) groups is 2. The van der Waals surface area contributed by atoms with Gasteiger partial charge in [-0.1, -0.05) is 6.07 Å². The Kier molecular flexibility index (Phi) is 5.11. The summed E-state index contributed by atoms with van der Waals surface area (Å²) in [6, 6.07) is 13.8. The highest BCUT2D eigenvalue weighted by molar-refractivity contribution is 6.04. The lowest BCUT2D eigenvalue weighted by Gasteiger charge is -2.07. The van der Waals surface area contributed by atoms with Crippen molar-refractivity contribution in [2.24, 2.45) is 0 Å². The maximum Gasteiger partial charge on any atom is 0.255 e. The number of aromatic nitrogens is 2. The lowest BCUT2D eigenvalue weighted by atomic mass is 10.1. The molecule has 3 aromatic rings. The Balaban J connectivity index is 1.58. The summed E-state index contributed by atoms with van der Waals surface area (Å²) in [4.78, 5) is 32.1. The van der Waals surface area contributed by atoms with Crippen molar-refractivity contribution in [2.75, 3.05) is 10.6 Å². The number of pyridine rings is 2. The highest BCUT2D eigenvalue weighted by atomic mass is 16.2. The van der Waals surface area contributed by atoms with E-state index in [0.29, 0.717) is 16.9 Å². The molecule has 0 spiro atoms. The number of amides is 2. The van der Waals surface area contributed by atoms with Gasteiger partial charge >= 0.3 is 0 Å². The van der Waals surface area contributed by atoms with Gasteiger partial charge in [-0.05, 0) is 48.0 Å². The zero-order valence-electron chi connectivity index (χ0n) is 13.3. The van der Waals surface area contributed by atoms with Crippen LogP contribution < -0.4 is 10.6 Å². The Morgan fingerprint density at radius 2 is 1.52 bits per heavy atom. The van der Waals surface area contributed by atoms with Crippen LogP contribution in [0.4, 0.5) is 11.4 Å². The van der Waals surface area contributed by atoms with Gasteiger partial charge in [0.2, 0.25) is 5.91 Å². The number of nitrogens with zero attached hydrogens (tertiary/aromatic N) is 2. The topological polar surface area (TPSA) is 84.0 Å². The largest absolute Gasteiger partial charge is 0.326 e. The minimum Gasteiger partial charge on any atom is -0.326 e. The maximum atomic E-state index is 12.2. The Hall–Kier alpha value is -3.54. The normalized spacial score (nSPS) is 10.1. The first-order valence-corrected chi connectivity index (χ1v) is 7.71. The number of benzene rings is 1. The van der Waals surface area contributed by atoms with E-state index in [1.165, 1.54) is 0 Å². The van der Waals surface area contributed by atoms with E-state index in [9.17, 15) is 9.59 Å². The SMILES string of the molecule is O=C(Cc1cccnc1)Nc1ccc(C(=O)Nc2cccnc2)cc1. The number of anilines is 2. The summed E-state index contributed by atoms with van der Waals surface area (Å²) >= 11 is 0. The molecule has 0 saturated heterocycles. The van der Waals surface area contributed by atoms with Gasteiger partial charge in [-0.3, -0.25) is 19.6 Å². The van der Waals surface area contributed by atoms with Gasteiger partial charge in [0, 0.05) is 29.8 Å². The van der Waals surface area contributed by atoms with Crippen LogP contribution in [0.3, 0.4) is 0 Å². The highest BCUT2D eigenvalue weighted by Gasteiger charge is 2.08. The summed E-state index contributed by atoms with van der Waals surface area (Å²) in [5.41, 5.74) is 2.59. The van der Waals surface area contributed by atoms with Gasteiger partial charge in [0.1, 0.15) is 0 Å². The van der Waals surface area contributed by atoms with E-state index >= 15 is 0 Å². The van der Waals surface area contributed by atoms with Crippen molar-refractivity contribution < 1.29 is 9.59 Å². The summed E-state index contributed by atoms with van der Waals surface area (Å²) in [5, 5.41) is 5.55. The van der Waals surface area contributed by atoms with Crippen LogP contribution in [0.2, 0.25) is 0 Å². The third-order valence-electron chi connectivity index (χ3n) is 3.44. The molecule has 25 heavy (non-hydrogen) atoms. The number of hydrogen-bond acceptors (Lipinski definition) is 4. The van der Waals surface area contributed by atoms with Gasteiger partial charge < -0.3 is 10.6 Å². The molecule has 0 aliphatic carbocycles. The Labute approximate surface area is 145 Å². The third kappa shape index (κ3) is 4.71. The third-order valence-corrected chi connectivity index (χ3v) is 3.44. The fourth-order valence-electron chi connectivity index (χ4n) is 2.24. The first kappa shape index (κ1) is 16.3. The minimum atomic E-state index is -0.235. The van der Waals surface area contributed by atoms with Crippen LogP contribution in [-0.4, -0.2) is 21.8 Å². The Morgan fingerprint density at radius 3 is 2.16 bits per heavy atom. The zero-order valence-corrected chi connectivity index (χ0v) is 13.3. The Morgan fingerprint density at radius 1 is 0.800 bits per heavy atom. The smallest absolute Gasteiger partial charge is 0.255 e. The first-order valence-electron chi connectivity index (χ1n) is 7.71. The van der Waals surface area contributed by atoms with Crippen LogP contribution in [0, 0.1) is 0 Å². The van der Waals surface area contributed by atoms with Gasteiger partial charge in [0.15, 0.2) is 0 Å². The average Bonchev–Trinajstić information content (AvgIpc) is 2.64. The number of carbonyl (C=O) groups excluding carboxylic acids is 2. The Bertz CT molecular complexity index is 850. The van der Waals surface area contributed by atoms with E-state index in [1.54, 1.807) is 67.3 Å². The molecule has 2 N–H and O–H groups in total. The molecule has 2 amide bonds. The second-order valence-electron chi connectivity index (χ2n) is 5.36. The van der Waals surface area contributed by atoms with Crippen molar-refractivity contribution in [3.63, 3.8) is 0 Å². The van der Waals surface area contributed by atoms with Crippen molar-refractivity contribution in [2.45, 2.75) is 6.42 Å². The van der Waals surface area contributed by atoms with E-state index < -0.39 is 0 Å². The van der Waals surface area contributed by atoms with Crippen LogP contribution in [0.5, 0.6) is 0 Å². The predicted molar refractivity (Wildman–Crippen MR) is 95.2 cm³/mol. The molecule has 2 aromatic heterocycles. The summed E-state index contributed by atoms with van der Waals surface area (Å²) < 4.78 is 0. The zero-order chi connectivity index (χ0) is 17.5. The van der Waals surface area contributed by atoms with E-state index in [-0.39, 0.29) is 18.2 Å². The van der Waals surface area contributed by atoms with Crippen molar-refractivity contribution >= 4 is 23.2 Å². The molecule has 6 heteroatoms. The van der Waals surface area contributed by atoms with Crippen LogP contribution in [0.15, 0.2) is 73.3 Å². The fraction of sp³-hybridized carbons (Fsp3) is 0.0526. The molecule has 0 unspecified atom stereocenters. The second kappa shape index (κ2) is 7.83. The van der Waals surface area contributed by atoms with Crippen LogP contribution in [0.25, 0.3) is 0 Å². The van der Waals surface area contributed by atoms with Gasteiger partial charge in [-0.25, -0.2) is 0 Å². The molecular formula is C19H16N4O2. The van der Waals surface area contributed by atoms with Gasteiger partial charge in [-0.2, -0.15) is 0 Å². The van der Waals surface area contributed by atoms with Gasteiger partial charge in [-0.15, -0.1) is 0 Å². The molecule has 2 heterocycles. The number of hydrogen-bond donors (Lipinski definition) is 2. The van der Waals surface area contributed by atoms with E-state index in [2.05, 4.69) is 20.6 Å². The first-order chi connectivity index (χ1) is 12.2. The molecule has 1 aromatic carbocycles. The standard InChI is InChI=1S/C19H16N4O2/c24-18(11-14-3-1-9-20-12-14)22-16-7-5-15(6-8-16)19(25)23-17-4-2-10-21-13-17/h1-10,12-13H,11H2,(H,22,24)(H,23,25). The molecule has 0 bridgehead atoms. The summed E-state index contributed by atoms with van der Waals surface area (Å²) in [6.07, 6.45) is 6.78. The molecule has 3 rings (SSSR count). The summed E-state index contributed by atoms with van der Waals surface area (Å²) in [7, 11) is 0. The summed E-state index contributed by atoms with van der Waals surface area (Å²) in [6.45, 7) is 0. The fourth-order valence-corrected chi connectivity index (χ4v) is 2.24. The van der Waals surface area contributed by atoms with Gasteiger partial charge in [0.25, 0.3) is 5.91 Å². The monoisotopic (exact) mass is 332 g/mol. The predicted octanol–water partition coefficient (Wildman–Crippen LogP) is 2.91. The van der Waals surface area contributed by atoms with E-state index in [1.807, 2.05) is 6.07 Å². The highest BCUT2D eigenvalue weighted by Crippen LogP contribution is 2.12. The lowest BCUT2D eigenvalue weighted by molar-refractivity contribution is -0.115. The molecule has 6 nitrogen and oxygen atoms in total.